The van der Waals surface area contributed by atoms with Crippen LogP contribution in [0, 0.1) is 23.7 Å². The molecule has 0 aromatic rings. The molecule has 3 aliphatic heterocycles. The molecule has 5 fully saturated rings. The Balaban J connectivity index is 1.47. The van der Waals surface area contributed by atoms with Gasteiger partial charge in [-0.05, 0) is 34.1 Å². The topological polar surface area (TPSA) is 97.9 Å². The van der Waals surface area contributed by atoms with Crippen molar-refractivity contribution in [3.05, 3.63) is 23.3 Å². The third-order valence-electron chi connectivity index (χ3n) is 8.63. The van der Waals surface area contributed by atoms with E-state index in [1.165, 1.54) is 0 Å². The molecule has 6 rings (SSSR count). The highest BCUT2D eigenvalue weighted by atomic mass is 16.7. The molecule has 2 bridgehead atoms. The molecule has 7 heteroatoms. The Kier molecular flexibility index (Phi) is 4.01. The van der Waals surface area contributed by atoms with E-state index in [-0.39, 0.29) is 41.7 Å². The Bertz CT molecular complexity index is 930. The van der Waals surface area contributed by atoms with E-state index < -0.39 is 41.3 Å². The Labute approximate surface area is 181 Å². The van der Waals surface area contributed by atoms with Crippen LogP contribution in [-0.2, 0) is 28.5 Å². The molecule has 3 aliphatic carbocycles. The normalized spacial score (nSPS) is 51.2. The number of aliphatic hydroxyl groups excluding tert-OH is 1. The van der Waals surface area contributed by atoms with Crippen molar-refractivity contribution >= 4 is 11.6 Å². The number of carbonyl (C=O) groups is 2. The average Bonchev–Trinajstić information content (AvgIpc) is 3.64. The number of epoxide rings is 2. The lowest BCUT2D eigenvalue weighted by molar-refractivity contribution is -0.143. The van der Waals surface area contributed by atoms with Crippen molar-refractivity contribution in [1.29, 1.82) is 0 Å². The van der Waals surface area contributed by atoms with Crippen LogP contribution in [0.1, 0.15) is 34.1 Å². The molecule has 1 N–H and O–H groups in total. The van der Waals surface area contributed by atoms with Crippen molar-refractivity contribution in [2.75, 3.05) is 7.11 Å². The van der Waals surface area contributed by atoms with Crippen molar-refractivity contribution in [2.24, 2.45) is 23.7 Å². The van der Waals surface area contributed by atoms with Crippen LogP contribution in [0.3, 0.4) is 0 Å². The van der Waals surface area contributed by atoms with E-state index in [9.17, 15) is 14.7 Å². The van der Waals surface area contributed by atoms with Gasteiger partial charge in [0.25, 0.3) is 0 Å². The lowest BCUT2D eigenvalue weighted by atomic mass is 9.53. The first-order valence-corrected chi connectivity index (χ1v) is 11.3. The maximum atomic E-state index is 14.1. The molecule has 0 radical (unpaired) electrons. The zero-order valence-electron chi connectivity index (χ0n) is 18.5. The van der Waals surface area contributed by atoms with Gasteiger partial charge in [0.05, 0.1) is 17.8 Å². The fraction of sp³-hybridized carbons (Fsp3) is 0.750. The molecule has 0 aromatic carbocycles. The minimum absolute atomic E-state index is 0.0346. The molecule has 3 heterocycles. The molecular formula is C24H30O7. The van der Waals surface area contributed by atoms with E-state index in [0.29, 0.717) is 12.0 Å². The smallest absolute Gasteiger partial charge is 0.190 e. The van der Waals surface area contributed by atoms with E-state index in [4.69, 9.17) is 18.9 Å². The highest BCUT2D eigenvalue weighted by Gasteiger charge is 2.83. The van der Waals surface area contributed by atoms with Gasteiger partial charge in [-0.2, -0.15) is 0 Å². The van der Waals surface area contributed by atoms with Crippen LogP contribution in [0.25, 0.3) is 0 Å². The largest absolute Gasteiger partial charge is 0.390 e. The minimum atomic E-state index is -0.909. The fourth-order valence-corrected chi connectivity index (χ4v) is 6.81. The number of ether oxygens (including phenoxy) is 4. The average molecular weight is 430 g/mol. The maximum absolute atomic E-state index is 14.1. The molecule has 0 amide bonds. The number of methoxy groups -OCH3 is 1. The van der Waals surface area contributed by atoms with Gasteiger partial charge in [0.2, 0.25) is 0 Å². The van der Waals surface area contributed by atoms with Crippen molar-refractivity contribution in [2.45, 2.75) is 81.9 Å². The summed E-state index contributed by atoms with van der Waals surface area (Å²) in [5, 5.41) is 11.1. The molecule has 31 heavy (non-hydrogen) atoms. The van der Waals surface area contributed by atoms with Crippen molar-refractivity contribution < 1.29 is 33.6 Å². The fourth-order valence-electron chi connectivity index (χ4n) is 6.81. The van der Waals surface area contributed by atoms with Crippen LogP contribution in [0.4, 0.5) is 0 Å². The Morgan fingerprint density at radius 3 is 2.65 bits per heavy atom. The van der Waals surface area contributed by atoms with Gasteiger partial charge in [-0.25, -0.2) is 0 Å². The molecular weight excluding hydrogens is 400 g/mol. The zero-order valence-corrected chi connectivity index (χ0v) is 18.5. The minimum Gasteiger partial charge on any atom is -0.390 e. The van der Waals surface area contributed by atoms with Gasteiger partial charge in [-0.15, -0.1) is 0 Å². The molecule has 11 atom stereocenters. The van der Waals surface area contributed by atoms with Gasteiger partial charge < -0.3 is 24.1 Å². The maximum Gasteiger partial charge on any atom is 0.190 e. The number of hydrogen-bond acceptors (Lipinski definition) is 7. The van der Waals surface area contributed by atoms with Gasteiger partial charge in [0, 0.05) is 36.4 Å². The number of ketones is 2. The van der Waals surface area contributed by atoms with E-state index in [0.717, 1.165) is 5.57 Å². The van der Waals surface area contributed by atoms with Crippen molar-refractivity contribution in [3.8, 4) is 0 Å². The summed E-state index contributed by atoms with van der Waals surface area (Å²) in [5.74, 6) is -1.62. The second-order valence-corrected chi connectivity index (χ2v) is 10.8. The standard InChI is InChI=1S/C24H30O7/c1-9(2)6-7-12-24-21(27)14-11(23(3,4)28-5)8-10-13(15(14)18(29-12)22(24)31-24)17(26)20-19(30-20)16(10)25/h6,8,11-15,17-20,22,26H,7H2,1-5H3/t11-,12?,13+,14?,15-,17+,18+,19+,20-,22-,24+/m0/s1. The first-order valence-electron chi connectivity index (χ1n) is 11.3. The second kappa shape index (κ2) is 6.14. The monoisotopic (exact) mass is 430 g/mol. The molecule has 3 saturated heterocycles. The quantitative estimate of drug-likeness (QED) is 0.531. The number of fused-ring (bicyclic) bond motifs is 5. The predicted octanol–water partition coefficient (Wildman–Crippen LogP) is 1.37. The summed E-state index contributed by atoms with van der Waals surface area (Å²) >= 11 is 0. The Morgan fingerprint density at radius 2 is 1.97 bits per heavy atom. The lowest BCUT2D eigenvalue weighted by Crippen LogP contribution is -2.60. The van der Waals surface area contributed by atoms with Crippen LogP contribution in [0.5, 0.6) is 0 Å². The zero-order chi connectivity index (χ0) is 22.0. The number of hydrogen-bond donors (Lipinski definition) is 1. The molecule has 2 unspecified atom stereocenters. The van der Waals surface area contributed by atoms with Crippen LogP contribution in [-0.4, -0.2) is 71.6 Å². The van der Waals surface area contributed by atoms with Gasteiger partial charge in [0.1, 0.15) is 24.4 Å². The van der Waals surface area contributed by atoms with E-state index in [2.05, 4.69) is 6.08 Å². The van der Waals surface area contributed by atoms with Crippen molar-refractivity contribution in [1.82, 2.24) is 0 Å². The van der Waals surface area contributed by atoms with Gasteiger partial charge >= 0.3 is 0 Å². The number of aliphatic hydroxyl groups is 1. The SMILES string of the molecule is COC(C)(C)[C@H]1C=C2C(=O)[C@H]3O[C@H]3[C@H](O)[C@H]2[C@H]2C1C(=O)[C@@]13O[C@H]1[C@@H]2OC3CC=C(C)C. The first kappa shape index (κ1) is 20.2. The first-order chi connectivity index (χ1) is 14.6. The summed E-state index contributed by atoms with van der Waals surface area (Å²) in [6, 6.07) is 0. The second-order valence-electron chi connectivity index (χ2n) is 10.8. The molecule has 0 spiro atoms. The molecule has 7 nitrogen and oxygen atoms in total. The summed E-state index contributed by atoms with van der Waals surface area (Å²) in [6.07, 6.45) is 1.73. The molecule has 0 aromatic heterocycles. The summed E-state index contributed by atoms with van der Waals surface area (Å²) < 4.78 is 23.9. The van der Waals surface area contributed by atoms with Gasteiger partial charge in [-0.3, -0.25) is 9.59 Å². The van der Waals surface area contributed by atoms with E-state index >= 15 is 0 Å². The number of allylic oxidation sites excluding steroid dienone is 1. The highest BCUT2D eigenvalue weighted by Crippen LogP contribution is 2.66. The third-order valence-corrected chi connectivity index (χ3v) is 8.63. The Hall–Kier alpha value is -1.38. The summed E-state index contributed by atoms with van der Waals surface area (Å²) in [7, 11) is 1.63. The highest BCUT2D eigenvalue weighted by molar-refractivity contribution is 6.04. The van der Waals surface area contributed by atoms with Crippen LogP contribution >= 0.6 is 0 Å². The summed E-state index contributed by atoms with van der Waals surface area (Å²) in [5.41, 5.74) is 0.153. The summed E-state index contributed by atoms with van der Waals surface area (Å²) in [6.45, 7) is 7.94. The van der Waals surface area contributed by atoms with Crippen LogP contribution < -0.4 is 0 Å². The third kappa shape index (κ3) is 2.42. The molecule has 168 valence electrons. The molecule has 6 aliphatic rings. The van der Waals surface area contributed by atoms with E-state index in [1.807, 2.05) is 33.8 Å². The summed E-state index contributed by atoms with van der Waals surface area (Å²) in [4.78, 5) is 27.1. The van der Waals surface area contributed by atoms with Gasteiger partial charge in [0.15, 0.2) is 17.2 Å². The van der Waals surface area contributed by atoms with Crippen LogP contribution in [0.2, 0.25) is 0 Å². The van der Waals surface area contributed by atoms with Crippen LogP contribution in [0.15, 0.2) is 23.3 Å². The van der Waals surface area contributed by atoms with Gasteiger partial charge in [-0.1, -0.05) is 17.7 Å². The van der Waals surface area contributed by atoms with E-state index in [1.54, 1.807) is 7.11 Å². The lowest BCUT2D eigenvalue weighted by Gasteiger charge is -2.50. The molecule has 2 saturated carbocycles. The Morgan fingerprint density at radius 1 is 1.23 bits per heavy atom. The number of carbonyl (C=O) groups excluding carboxylic acids is 2. The number of rotatable bonds is 4. The van der Waals surface area contributed by atoms with Crippen molar-refractivity contribution in [3.63, 3.8) is 0 Å². The number of Topliss-reactive ketones (excluding diaryl/α,β-unsaturated/α-hetero) is 2. The predicted molar refractivity (Wildman–Crippen MR) is 108 cm³/mol.